The number of anilines is 1. The smallest absolute Gasteiger partial charge is 0.422 e. The number of amides is 1. The molecule has 1 amide bonds. The molecule has 1 spiro atoms. The summed E-state index contributed by atoms with van der Waals surface area (Å²) in [6.07, 6.45) is 4.91. The number of aryl methyl sites for hydroxylation is 1. The number of aromatic amines is 1. The number of hydrogen-bond donors (Lipinski definition) is 1. The number of fused-ring (bicyclic) bond motifs is 2. The summed E-state index contributed by atoms with van der Waals surface area (Å²) in [6, 6.07) is 6.12. The zero-order valence-electron chi connectivity index (χ0n) is 26.3. The number of rotatable bonds is 8. The van der Waals surface area contributed by atoms with E-state index in [1.165, 1.54) is 6.08 Å². The molecule has 1 N–H and O–H groups in total. The standard InChI is InChI=1S/C35H37F3N6O3/c1-3-27(45)44-17-34(18-44)11-13-43(14-12-34)32-24-15-23(21-8-9-21)29(28-20(2)7-10-26-25(28)16-39-42-26)31(46-19-35(36,37)38)30(24)40-33(41-32)47-22-5-4-6-22/h3,7,10,15-16,21-22H,1,4-6,8-9,11-14,17-19H2,2H3,(H,39,42). The fraction of sp³-hybridized carbons (Fsp3) is 0.486. The molecule has 0 bridgehead atoms. The highest BCUT2D eigenvalue weighted by Crippen LogP contribution is 2.53. The van der Waals surface area contributed by atoms with Crippen LogP contribution in [0.2, 0.25) is 0 Å². The van der Waals surface area contributed by atoms with Gasteiger partial charge in [0, 0.05) is 47.9 Å². The number of alkyl halides is 3. The number of hydrogen-bond acceptors (Lipinski definition) is 7. The first kappa shape index (κ1) is 30.0. The minimum atomic E-state index is -4.55. The SMILES string of the molecule is C=CC(=O)N1CC2(CCN(c3nc(OC4CCC4)nc4c(OCC(F)(F)F)c(-c5c(C)ccc6[nH]ncc56)c(C5CC5)cc34)CC2)C1. The van der Waals surface area contributed by atoms with Crippen LogP contribution < -0.4 is 14.4 Å². The molecule has 0 radical (unpaired) electrons. The zero-order chi connectivity index (χ0) is 32.5. The molecule has 2 aromatic carbocycles. The van der Waals surface area contributed by atoms with E-state index in [4.69, 9.17) is 19.4 Å². The van der Waals surface area contributed by atoms with Gasteiger partial charge in [-0.25, -0.2) is 0 Å². The van der Waals surface area contributed by atoms with Crippen molar-refractivity contribution in [1.29, 1.82) is 0 Å². The number of ether oxygens (including phenoxy) is 2. The van der Waals surface area contributed by atoms with Crippen molar-refractivity contribution in [3.63, 3.8) is 0 Å². The number of benzene rings is 2. The van der Waals surface area contributed by atoms with Gasteiger partial charge in [-0.2, -0.15) is 28.2 Å². The maximum Gasteiger partial charge on any atom is 0.422 e. The summed E-state index contributed by atoms with van der Waals surface area (Å²) >= 11 is 0. The van der Waals surface area contributed by atoms with Crippen molar-refractivity contribution in [3.05, 3.63) is 48.2 Å². The summed E-state index contributed by atoms with van der Waals surface area (Å²) in [5.74, 6) is 0.887. The Hall–Kier alpha value is -4.35. The van der Waals surface area contributed by atoms with Gasteiger partial charge in [0.25, 0.3) is 0 Å². The van der Waals surface area contributed by atoms with Crippen LogP contribution in [-0.4, -0.2) is 76.0 Å². The van der Waals surface area contributed by atoms with Gasteiger partial charge in [-0.15, -0.1) is 0 Å². The summed E-state index contributed by atoms with van der Waals surface area (Å²) in [5.41, 5.74) is 4.43. The van der Waals surface area contributed by atoms with E-state index in [1.54, 1.807) is 6.20 Å². The van der Waals surface area contributed by atoms with Crippen molar-refractivity contribution < 1.29 is 27.4 Å². The first-order chi connectivity index (χ1) is 22.6. The molecule has 4 aliphatic rings. The van der Waals surface area contributed by atoms with Gasteiger partial charge in [-0.3, -0.25) is 9.89 Å². The van der Waals surface area contributed by atoms with Gasteiger partial charge >= 0.3 is 12.2 Å². The third-order valence-electron chi connectivity index (χ3n) is 10.4. The van der Waals surface area contributed by atoms with Crippen LogP contribution in [-0.2, 0) is 4.79 Å². The summed E-state index contributed by atoms with van der Waals surface area (Å²) < 4.78 is 53.7. The number of carbonyl (C=O) groups excluding carboxylic acids is 1. The van der Waals surface area contributed by atoms with E-state index >= 15 is 0 Å². The fourth-order valence-electron chi connectivity index (χ4n) is 7.44. The maximum absolute atomic E-state index is 13.9. The lowest BCUT2D eigenvalue weighted by atomic mass is 9.72. The quantitative estimate of drug-likeness (QED) is 0.209. The monoisotopic (exact) mass is 646 g/mol. The first-order valence-electron chi connectivity index (χ1n) is 16.5. The van der Waals surface area contributed by atoms with Crippen LogP contribution in [0.3, 0.4) is 0 Å². The van der Waals surface area contributed by atoms with E-state index in [0.29, 0.717) is 48.5 Å². The Morgan fingerprint density at radius 3 is 2.53 bits per heavy atom. The largest absolute Gasteiger partial charge is 0.481 e. The predicted molar refractivity (Wildman–Crippen MR) is 172 cm³/mol. The molecular formula is C35H37F3N6O3. The summed E-state index contributed by atoms with van der Waals surface area (Å²) in [7, 11) is 0. The Balaban J connectivity index is 1.29. The number of aromatic nitrogens is 4. The second kappa shape index (κ2) is 11.1. The van der Waals surface area contributed by atoms with Crippen molar-refractivity contribution in [1.82, 2.24) is 25.1 Å². The van der Waals surface area contributed by atoms with Gasteiger partial charge in [-0.05, 0) is 92.7 Å². The molecule has 2 saturated carbocycles. The van der Waals surface area contributed by atoms with E-state index in [0.717, 1.165) is 72.5 Å². The second-order valence-corrected chi connectivity index (χ2v) is 13.7. The third-order valence-corrected chi connectivity index (χ3v) is 10.4. The lowest BCUT2D eigenvalue weighted by Gasteiger charge is -2.54. The molecule has 8 rings (SSSR count). The van der Waals surface area contributed by atoms with Gasteiger partial charge in [0.05, 0.1) is 11.7 Å². The fourth-order valence-corrected chi connectivity index (χ4v) is 7.44. The molecule has 2 aliphatic carbocycles. The molecule has 246 valence electrons. The van der Waals surface area contributed by atoms with E-state index in [9.17, 15) is 18.0 Å². The van der Waals surface area contributed by atoms with Crippen molar-refractivity contribution in [2.24, 2.45) is 5.41 Å². The first-order valence-corrected chi connectivity index (χ1v) is 16.5. The normalized spacial score (nSPS) is 19.6. The van der Waals surface area contributed by atoms with Gasteiger partial charge in [-0.1, -0.05) is 12.6 Å². The average Bonchev–Trinajstić information content (AvgIpc) is 3.75. The van der Waals surface area contributed by atoms with E-state index in [-0.39, 0.29) is 35.1 Å². The predicted octanol–water partition coefficient (Wildman–Crippen LogP) is 6.85. The van der Waals surface area contributed by atoms with Gasteiger partial charge in [0.2, 0.25) is 5.91 Å². The second-order valence-electron chi connectivity index (χ2n) is 13.7. The summed E-state index contributed by atoms with van der Waals surface area (Å²) in [5, 5.41) is 8.74. The van der Waals surface area contributed by atoms with Crippen LogP contribution in [0, 0.1) is 12.3 Å². The number of H-pyrrole nitrogens is 1. The number of carbonyl (C=O) groups is 1. The van der Waals surface area contributed by atoms with Crippen molar-refractivity contribution in [2.75, 3.05) is 37.7 Å². The van der Waals surface area contributed by atoms with Crippen LogP contribution in [0.1, 0.15) is 62.0 Å². The van der Waals surface area contributed by atoms with Crippen molar-refractivity contribution in [3.8, 4) is 22.9 Å². The molecule has 0 atom stereocenters. The number of halogens is 3. The lowest BCUT2D eigenvalue weighted by molar-refractivity contribution is -0.153. The Labute approximate surface area is 270 Å². The molecule has 4 heterocycles. The van der Waals surface area contributed by atoms with Crippen molar-refractivity contribution >= 4 is 33.5 Å². The Bertz CT molecular complexity index is 1880. The summed E-state index contributed by atoms with van der Waals surface area (Å²) in [4.78, 5) is 25.9. The van der Waals surface area contributed by atoms with Gasteiger partial charge < -0.3 is 19.3 Å². The van der Waals surface area contributed by atoms with Crippen molar-refractivity contribution in [2.45, 2.75) is 70.1 Å². The molecule has 2 aliphatic heterocycles. The highest BCUT2D eigenvalue weighted by atomic mass is 19.4. The Morgan fingerprint density at radius 2 is 1.87 bits per heavy atom. The molecule has 2 aromatic heterocycles. The topological polar surface area (TPSA) is 96.5 Å². The van der Waals surface area contributed by atoms with Gasteiger partial charge in [0.15, 0.2) is 12.4 Å². The molecule has 0 unspecified atom stereocenters. The van der Waals surface area contributed by atoms with Crippen LogP contribution in [0.25, 0.3) is 32.9 Å². The molecule has 12 heteroatoms. The molecule has 4 aromatic rings. The highest BCUT2D eigenvalue weighted by Gasteiger charge is 2.46. The van der Waals surface area contributed by atoms with E-state index in [1.807, 2.05) is 24.0 Å². The van der Waals surface area contributed by atoms with Crippen LogP contribution in [0.5, 0.6) is 11.8 Å². The molecule has 47 heavy (non-hydrogen) atoms. The number of nitrogens with one attached hydrogen (secondary N) is 1. The Morgan fingerprint density at radius 1 is 1.11 bits per heavy atom. The average molecular weight is 647 g/mol. The Kier molecular flexibility index (Phi) is 7.10. The van der Waals surface area contributed by atoms with E-state index < -0.39 is 12.8 Å². The lowest BCUT2D eigenvalue weighted by Crippen LogP contribution is -2.61. The zero-order valence-corrected chi connectivity index (χ0v) is 26.3. The summed E-state index contributed by atoms with van der Waals surface area (Å²) in [6.45, 7) is 6.91. The van der Waals surface area contributed by atoms with Gasteiger partial charge in [0.1, 0.15) is 17.4 Å². The minimum absolute atomic E-state index is 0.0278. The highest BCUT2D eigenvalue weighted by molar-refractivity contribution is 6.06. The number of piperidine rings is 1. The molecular weight excluding hydrogens is 609 g/mol. The maximum atomic E-state index is 13.9. The molecule has 2 saturated heterocycles. The van der Waals surface area contributed by atoms with E-state index in [2.05, 4.69) is 27.7 Å². The van der Waals surface area contributed by atoms with Crippen LogP contribution >= 0.6 is 0 Å². The third kappa shape index (κ3) is 5.45. The number of likely N-dealkylation sites (tertiary alicyclic amines) is 1. The molecule has 9 nitrogen and oxygen atoms in total. The van der Waals surface area contributed by atoms with Crippen LogP contribution in [0.4, 0.5) is 19.0 Å². The minimum Gasteiger partial charge on any atom is -0.481 e. The number of nitrogens with zero attached hydrogens (tertiary/aromatic N) is 5. The molecule has 4 fully saturated rings. The van der Waals surface area contributed by atoms with Crippen LogP contribution in [0.15, 0.2) is 37.1 Å².